The normalized spacial score (nSPS) is 10.5. The van der Waals surface area contributed by atoms with Crippen molar-refractivity contribution >= 4 is 22.9 Å². The highest BCUT2D eigenvalue weighted by Crippen LogP contribution is 2.14. The molecular formula is C8H8ClN3S. The number of alkyl halides is 1. The second-order valence-corrected chi connectivity index (χ2v) is 3.73. The van der Waals surface area contributed by atoms with Gasteiger partial charge in [0, 0.05) is 30.1 Å². The van der Waals surface area contributed by atoms with Crippen molar-refractivity contribution in [1.82, 2.24) is 14.8 Å². The number of aryl methyl sites for hydroxylation is 1. The Kier molecular flexibility index (Phi) is 2.61. The summed E-state index contributed by atoms with van der Waals surface area (Å²) in [5, 5.41) is 7.00. The molecule has 0 aliphatic carbocycles. The summed E-state index contributed by atoms with van der Waals surface area (Å²) in [6.07, 6.45) is 4.44. The Morgan fingerprint density at radius 2 is 2.46 bits per heavy atom. The van der Waals surface area contributed by atoms with E-state index in [9.17, 15) is 0 Å². The molecule has 2 heterocycles. The van der Waals surface area contributed by atoms with Crippen LogP contribution in [0.5, 0.6) is 0 Å². The maximum absolute atomic E-state index is 5.61. The molecule has 0 aliphatic rings. The summed E-state index contributed by atoms with van der Waals surface area (Å²) in [5.74, 6) is 0.613. The van der Waals surface area contributed by atoms with Gasteiger partial charge in [-0.2, -0.15) is 5.10 Å². The molecule has 2 aromatic rings. The van der Waals surface area contributed by atoms with Gasteiger partial charge in [0.2, 0.25) is 5.13 Å². The first-order valence-electron chi connectivity index (χ1n) is 3.90. The summed E-state index contributed by atoms with van der Waals surface area (Å²) in [6, 6.07) is 1.88. The van der Waals surface area contributed by atoms with E-state index in [0.717, 1.165) is 17.2 Å². The van der Waals surface area contributed by atoms with Crippen LogP contribution in [0, 0.1) is 0 Å². The highest BCUT2D eigenvalue weighted by Gasteiger charge is 2.02. The van der Waals surface area contributed by atoms with Crippen LogP contribution >= 0.6 is 22.9 Å². The van der Waals surface area contributed by atoms with Crippen molar-refractivity contribution in [3.63, 3.8) is 0 Å². The summed E-state index contributed by atoms with van der Waals surface area (Å²) in [4.78, 5) is 4.38. The molecule has 68 valence electrons. The maximum atomic E-state index is 5.61. The SMILES string of the molecule is ClCCc1csc(-n2cccn2)n1. The third-order valence-electron chi connectivity index (χ3n) is 1.59. The van der Waals surface area contributed by atoms with E-state index in [1.165, 1.54) is 0 Å². The van der Waals surface area contributed by atoms with Gasteiger partial charge in [0.05, 0.1) is 5.69 Å². The molecule has 0 saturated heterocycles. The topological polar surface area (TPSA) is 30.7 Å². The average Bonchev–Trinajstić information content (AvgIpc) is 2.70. The molecule has 13 heavy (non-hydrogen) atoms. The Hall–Kier alpha value is -0.870. The quantitative estimate of drug-likeness (QED) is 0.732. The fourth-order valence-corrected chi connectivity index (χ4v) is 1.99. The second kappa shape index (κ2) is 3.89. The van der Waals surface area contributed by atoms with Crippen LogP contribution < -0.4 is 0 Å². The van der Waals surface area contributed by atoms with Gasteiger partial charge in [-0.25, -0.2) is 9.67 Å². The zero-order valence-electron chi connectivity index (χ0n) is 6.85. The van der Waals surface area contributed by atoms with E-state index < -0.39 is 0 Å². The highest BCUT2D eigenvalue weighted by atomic mass is 35.5. The molecule has 3 nitrogen and oxygen atoms in total. The maximum Gasteiger partial charge on any atom is 0.210 e. The minimum atomic E-state index is 0.613. The Morgan fingerprint density at radius 1 is 1.54 bits per heavy atom. The third-order valence-corrected chi connectivity index (χ3v) is 2.66. The molecule has 0 atom stereocenters. The van der Waals surface area contributed by atoms with Gasteiger partial charge in [0.15, 0.2) is 0 Å². The molecule has 0 aromatic carbocycles. The van der Waals surface area contributed by atoms with Crippen molar-refractivity contribution in [2.75, 3.05) is 5.88 Å². The highest BCUT2D eigenvalue weighted by molar-refractivity contribution is 7.12. The minimum absolute atomic E-state index is 0.613. The molecule has 0 spiro atoms. The summed E-state index contributed by atoms with van der Waals surface area (Å²) >= 11 is 7.19. The van der Waals surface area contributed by atoms with Crippen molar-refractivity contribution in [3.8, 4) is 5.13 Å². The first-order chi connectivity index (χ1) is 6.40. The van der Waals surface area contributed by atoms with Crippen LogP contribution in [-0.4, -0.2) is 20.6 Å². The van der Waals surface area contributed by atoms with Gasteiger partial charge in [0.25, 0.3) is 0 Å². The van der Waals surface area contributed by atoms with E-state index in [1.807, 2.05) is 17.6 Å². The number of aromatic nitrogens is 3. The van der Waals surface area contributed by atoms with E-state index in [1.54, 1.807) is 22.2 Å². The van der Waals surface area contributed by atoms with E-state index >= 15 is 0 Å². The standard InChI is InChI=1S/C8H8ClN3S/c9-3-2-7-6-13-8(11-7)12-5-1-4-10-12/h1,4-6H,2-3H2. The number of nitrogens with zero attached hydrogens (tertiary/aromatic N) is 3. The number of thiazole rings is 1. The number of rotatable bonds is 3. The fraction of sp³-hybridized carbons (Fsp3) is 0.250. The first kappa shape index (κ1) is 8.72. The number of hydrogen-bond acceptors (Lipinski definition) is 3. The molecule has 2 rings (SSSR count). The van der Waals surface area contributed by atoms with E-state index in [-0.39, 0.29) is 0 Å². The second-order valence-electron chi connectivity index (χ2n) is 2.51. The largest absolute Gasteiger partial charge is 0.223 e. The molecule has 0 fully saturated rings. The first-order valence-corrected chi connectivity index (χ1v) is 5.32. The van der Waals surface area contributed by atoms with Gasteiger partial charge in [-0.05, 0) is 6.07 Å². The monoisotopic (exact) mass is 213 g/mol. The molecule has 5 heteroatoms. The van der Waals surface area contributed by atoms with Gasteiger partial charge in [-0.1, -0.05) is 0 Å². The Labute approximate surface area is 85.0 Å². The van der Waals surface area contributed by atoms with Crippen LogP contribution in [0.4, 0.5) is 0 Å². The smallest absolute Gasteiger partial charge is 0.210 e. The summed E-state index contributed by atoms with van der Waals surface area (Å²) in [7, 11) is 0. The van der Waals surface area contributed by atoms with Crippen molar-refractivity contribution in [1.29, 1.82) is 0 Å². The summed E-state index contributed by atoms with van der Waals surface area (Å²) < 4.78 is 1.75. The molecule has 0 bridgehead atoms. The number of halogens is 1. The lowest BCUT2D eigenvalue weighted by Crippen LogP contribution is -1.94. The molecule has 0 N–H and O–H groups in total. The lowest BCUT2D eigenvalue weighted by molar-refractivity contribution is 0.859. The van der Waals surface area contributed by atoms with Crippen LogP contribution in [0.2, 0.25) is 0 Å². The molecule has 0 radical (unpaired) electrons. The fourth-order valence-electron chi connectivity index (χ4n) is 0.995. The minimum Gasteiger partial charge on any atom is -0.223 e. The molecule has 0 amide bonds. The van der Waals surface area contributed by atoms with E-state index in [4.69, 9.17) is 11.6 Å². The molecular weight excluding hydrogens is 206 g/mol. The van der Waals surface area contributed by atoms with Gasteiger partial charge >= 0.3 is 0 Å². The van der Waals surface area contributed by atoms with Gasteiger partial charge in [-0.3, -0.25) is 0 Å². The van der Waals surface area contributed by atoms with E-state index in [2.05, 4.69) is 10.1 Å². The lowest BCUT2D eigenvalue weighted by atomic mass is 10.4. The predicted octanol–water partition coefficient (Wildman–Crippen LogP) is 2.11. The van der Waals surface area contributed by atoms with Crippen LogP contribution in [0.1, 0.15) is 5.69 Å². The van der Waals surface area contributed by atoms with Gasteiger partial charge in [0.1, 0.15) is 0 Å². The van der Waals surface area contributed by atoms with Crippen LogP contribution in [0.3, 0.4) is 0 Å². The summed E-state index contributed by atoms with van der Waals surface area (Å²) in [5.41, 5.74) is 1.03. The molecule has 2 aromatic heterocycles. The van der Waals surface area contributed by atoms with Crippen LogP contribution in [0.15, 0.2) is 23.8 Å². The molecule has 0 unspecified atom stereocenters. The Morgan fingerprint density at radius 3 is 3.15 bits per heavy atom. The van der Waals surface area contributed by atoms with Crippen LogP contribution in [-0.2, 0) is 6.42 Å². The van der Waals surface area contributed by atoms with Gasteiger partial charge in [-0.15, -0.1) is 22.9 Å². The summed E-state index contributed by atoms with van der Waals surface area (Å²) in [6.45, 7) is 0. The number of hydrogen-bond donors (Lipinski definition) is 0. The molecule has 0 aliphatic heterocycles. The zero-order valence-corrected chi connectivity index (χ0v) is 8.42. The third kappa shape index (κ3) is 1.89. The van der Waals surface area contributed by atoms with Crippen molar-refractivity contribution in [3.05, 3.63) is 29.5 Å². The Bertz CT molecular complexity index is 368. The molecule has 0 saturated carbocycles. The van der Waals surface area contributed by atoms with Gasteiger partial charge < -0.3 is 0 Å². The zero-order chi connectivity index (χ0) is 9.10. The predicted molar refractivity (Wildman–Crippen MR) is 53.7 cm³/mol. The van der Waals surface area contributed by atoms with E-state index in [0.29, 0.717) is 5.88 Å². The lowest BCUT2D eigenvalue weighted by Gasteiger charge is -1.92. The van der Waals surface area contributed by atoms with Crippen LogP contribution in [0.25, 0.3) is 5.13 Å². The van der Waals surface area contributed by atoms with Crippen molar-refractivity contribution in [2.45, 2.75) is 6.42 Å². The average molecular weight is 214 g/mol. The van der Waals surface area contributed by atoms with Crippen molar-refractivity contribution < 1.29 is 0 Å². The van der Waals surface area contributed by atoms with Crippen molar-refractivity contribution in [2.24, 2.45) is 0 Å². The Balaban J connectivity index is 2.23.